The molecular weight excluding hydrogens is 337 g/mol. The van der Waals surface area contributed by atoms with E-state index in [1.54, 1.807) is 6.07 Å². The van der Waals surface area contributed by atoms with E-state index in [0.29, 0.717) is 29.7 Å². The van der Waals surface area contributed by atoms with Crippen molar-refractivity contribution in [3.8, 4) is 0 Å². The van der Waals surface area contributed by atoms with Crippen LogP contribution in [0.3, 0.4) is 0 Å². The molecule has 1 aromatic rings. The summed E-state index contributed by atoms with van der Waals surface area (Å²) < 4.78 is 5.52. The highest BCUT2D eigenvalue weighted by Gasteiger charge is 2.24. The molecule has 0 saturated carbocycles. The van der Waals surface area contributed by atoms with Crippen LogP contribution in [0.15, 0.2) is 18.2 Å². The molecule has 23 heavy (non-hydrogen) atoms. The lowest BCUT2D eigenvalue weighted by Gasteiger charge is -2.36. The zero-order valence-corrected chi connectivity index (χ0v) is 14.4. The second-order valence-electron chi connectivity index (χ2n) is 5.87. The van der Waals surface area contributed by atoms with Crippen LogP contribution in [-0.4, -0.2) is 56.4 Å². The first-order valence-electron chi connectivity index (χ1n) is 7.98. The maximum absolute atomic E-state index is 12.2. The van der Waals surface area contributed by atoms with E-state index in [1.807, 2.05) is 17.0 Å². The van der Waals surface area contributed by atoms with Crippen molar-refractivity contribution in [2.24, 2.45) is 0 Å². The molecular formula is C16H21Cl2N3O2. The van der Waals surface area contributed by atoms with E-state index >= 15 is 0 Å². The zero-order chi connectivity index (χ0) is 16.2. The molecule has 1 N–H and O–H groups in total. The number of nitrogens with zero attached hydrogens (tertiary/aromatic N) is 2. The summed E-state index contributed by atoms with van der Waals surface area (Å²) in [5, 5.41) is 4.10. The second kappa shape index (κ2) is 7.60. The lowest BCUT2D eigenvalue weighted by atomic mass is 10.2. The minimum atomic E-state index is -0.0164. The number of hydrogen-bond acceptors (Lipinski definition) is 3. The minimum absolute atomic E-state index is 0.0164. The largest absolute Gasteiger partial charge is 0.376 e. The summed E-state index contributed by atoms with van der Waals surface area (Å²) in [6.07, 6.45) is 2.28. The summed E-state index contributed by atoms with van der Waals surface area (Å²) in [5.74, 6) is 0. The summed E-state index contributed by atoms with van der Waals surface area (Å²) >= 11 is 12.3. The maximum atomic E-state index is 12.2. The van der Waals surface area contributed by atoms with Gasteiger partial charge in [-0.05, 0) is 25.0 Å². The molecule has 1 aromatic carbocycles. The molecule has 1 atom stereocenters. The molecule has 2 amide bonds. The van der Waals surface area contributed by atoms with E-state index in [-0.39, 0.29) is 12.1 Å². The molecule has 0 bridgehead atoms. The van der Waals surface area contributed by atoms with Crippen molar-refractivity contribution in [2.75, 3.05) is 44.2 Å². The number of hydrogen-bond donors (Lipinski definition) is 1. The topological polar surface area (TPSA) is 44.8 Å². The van der Waals surface area contributed by atoms with E-state index in [1.165, 1.54) is 0 Å². The van der Waals surface area contributed by atoms with Crippen LogP contribution >= 0.6 is 23.2 Å². The van der Waals surface area contributed by atoms with Crippen LogP contribution in [0.2, 0.25) is 10.0 Å². The zero-order valence-electron chi connectivity index (χ0n) is 12.9. The van der Waals surface area contributed by atoms with E-state index in [2.05, 4.69) is 10.2 Å². The van der Waals surface area contributed by atoms with Gasteiger partial charge in [-0.15, -0.1) is 0 Å². The third kappa shape index (κ3) is 4.03. The number of rotatable bonds is 3. The number of benzene rings is 1. The minimum Gasteiger partial charge on any atom is -0.376 e. The predicted octanol–water partition coefficient (Wildman–Crippen LogP) is 3.00. The average molecular weight is 358 g/mol. The Morgan fingerprint density at radius 2 is 2.04 bits per heavy atom. The number of piperazine rings is 1. The third-order valence-electron chi connectivity index (χ3n) is 4.34. The van der Waals surface area contributed by atoms with Gasteiger partial charge in [-0.2, -0.15) is 0 Å². The van der Waals surface area contributed by atoms with Gasteiger partial charge >= 0.3 is 6.03 Å². The van der Waals surface area contributed by atoms with Crippen molar-refractivity contribution in [3.05, 3.63) is 28.2 Å². The van der Waals surface area contributed by atoms with Crippen LogP contribution in [0.4, 0.5) is 10.5 Å². The first kappa shape index (κ1) is 16.7. The van der Waals surface area contributed by atoms with Gasteiger partial charge in [0.2, 0.25) is 0 Å². The molecule has 0 radical (unpaired) electrons. The highest BCUT2D eigenvalue weighted by molar-refractivity contribution is 6.43. The van der Waals surface area contributed by atoms with Crippen LogP contribution in [-0.2, 0) is 4.74 Å². The highest BCUT2D eigenvalue weighted by atomic mass is 35.5. The Labute approximate surface area is 146 Å². The van der Waals surface area contributed by atoms with E-state index in [4.69, 9.17) is 27.9 Å². The molecule has 2 aliphatic rings. The number of ether oxygens (including phenoxy) is 1. The van der Waals surface area contributed by atoms with Crippen molar-refractivity contribution >= 4 is 34.9 Å². The van der Waals surface area contributed by atoms with Crippen LogP contribution < -0.4 is 10.2 Å². The molecule has 2 saturated heterocycles. The van der Waals surface area contributed by atoms with Crippen LogP contribution in [0.5, 0.6) is 0 Å². The van der Waals surface area contributed by atoms with Gasteiger partial charge < -0.3 is 19.9 Å². The number of nitrogens with one attached hydrogen (secondary N) is 1. The average Bonchev–Trinajstić information content (AvgIpc) is 3.09. The lowest BCUT2D eigenvalue weighted by Crippen LogP contribution is -2.52. The maximum Gasteiger partial charge on any atom is 0.317 e. The van der Waals surface area contributed by atoms with E-state index < -0.39 is 0 Å². The summed E-state index contributed by atoms with van der Waals surface area (Å²) in [7, 11) is 0. The van der Waals surface area contributed by atoms with Crippen molar-refractivity contribution in [1.29, 1.82) is 0 Å². The normalized spacial score (nSPS) is 21.6. The molecule has 2 heterocycles. The van der Waals surface area contributed by atoms with Crippen LogP contribution in [0.25, 0.3) is 0 Å². The first-order chi connectivity index (χ1) is 11.1. The smallest absolute Gasteiger partial charge is 0.317 e. The summed E-state index contributed by atoms with van der Waals surface area (Å²) in [6, 6.07) is 5.62. The van der Waals surface area contributed by atoms with Gasteiger partial charge in [0.25, 0.3) is 0 Å². The van der Waals surface area contributed by atoms with Gasteiger partial charge in [-0.1, -0.05) is 29.3 Å². The SMILES string of the molecule is O=C(NCC1CCCO1)N1CCN(c2cccc(Cl)c2Cl)CC1. The van der Waals surface area contributed by atoms with Crippen molar-refractivity contribution in [1.82, 2.24) is 10.2 Å². The van der Waals surface area contributed by atoms with Gasteiger partial charge in [-0.3, -0.25) is 0 Å². The second-order valence-corrected chi connectivity index (χ2v) is 6.65. The number of carbonyl (C=O) groups excluding carboxylic acids is 1. The number of halogens is 2. The van der Waals surface area contributed by atoms with E-state index in [0.717, 1.165) is 38.2 Å². The number of anilines is 1. The molecule has 0 aromatic heterocycles. The van der Waals surface area contributed by atoms with Crippen molar-refractivity contribution in [3.63, 3.8) is 0 Å². The molecule has 3 rings (SSSR count). The van der Waals surface area contributed by atoms with Crippen molar-refractivity contribution < 1.29 is 9.53 Å². The molecule has 0 aliphatic carbocycles. The highest BCUT2D eigenvalue weighted by Crippen LogP contribution is 2.32. The van der Waals surface area contributed by atoms with Crippen LogP contribution in [0, 0.1) is 0 Å². The molecule has 0 spiro atoms. The van der Waals surface area contributed by atoms with Gasteiger partial charge in [0.1, 0.15) is 0 Å². The standard InChI is InChI=1S/C16H21Cl2N3O2/c17-13-4-1-5-14(15(13)18)20-6-8-21(9-7-20)16(22)19-11-12-3-2-10-23-12/h1,4-5,12H,2-3,6-11H2,(H,19,22). The van der Waals surface area contributed by atoms with Gasteiger partial charge in [-0.25, -0.2) is 4.79 Å². The summed E-state index contributed by atoms with van der Waals surface area (Å²) in [5.41, 5.74) is 0.929. The Bertz CT molecular complexity index is 556. The van der Waals surface area contributed by atoms with Gasteiger partial charge in [0.15, 0.2) is 0 Å². The van der Waals surface area contributed by atoms with E-state index in [9.17, 15) is 4.79 Å². The van der Waals surface area contributed by atoms with Crippen LogP contribution in [0.1, 0.15) is 12.8 Å². The number of amides is 2. The Kier molecular flexibility index (Phi) is 5.51. The molecule has 126 valence electrons. The number of urea groups is 1. The van der Waals surface area contributed by atoms with Gasteiger partial charge in [0, 0.05) is 39.3 Å². The predicted molar refractivity (Wildman–Crippen MR) is 92.6 cm³/mol. The summed E-state index contributed by atoms with van der Waals surface area (Å²) in [6.45, 7) is 4.22. The molecule has 7 heteroatoms. The quantitative estimate of drug-likeness (QED) is 0.904. The molecule has 5 nitrogen and oxygen atoms in total. The fourth-order valence-electron chi connectivity index (χ4n) is 3.01. The monoisotopic (exact) mass is 357 g/mol. The Hall–Kier alpha value is -1.17. The molecule has 2 aliphatic heterocycles. The Balaban J connectivity index is 1.49. The summed E-state index contributed by atoms with van der Waals surface area (Å²) in [4.78, 5) is 16.2. The third-order valence-corrected chi connectivity index (χ3v) is 5.15. The lowest BCUT2D eigenvalue weighted by molar-refractivity contribution is 0.108. The molecule has 2 fully saturated rings. The molecule has 1 unspecified atom stereocenters. The fraction of sp³-hybridized carbons (Fsp3) is 0.562. The number of carbonyl (C=O) groups is 1. The van der Waals surface area contributed by atoms with Gasteiger partial charge in [0.05, 0.1) is 21.8 Å². The Morgan fingerprint density at radius 1 is 1.26 bits per heavy atom. The van der Waals surface area contributed by atoms with Crippen molar-refractivity contribution in [2.45, 2.75) is 18.9 Å². The Morgan fingerprint density at radius 3 is 2.74 bits per heavy atom. The first-order valence-corrected chi connectivity index (χ1v) is 8.74. The fourth-order valence-corrected chi connectivity index (χ4v) is 3.42.